The number of thiocarbonyl (C=S) groups is 1. The molecule has 1 aromatic carbocycles. The van der Waals surface area contributed by atoms with E-state index in [0.717, 1.165) is 21.2 Å². The molecule has 2 heterocycles. The highest BCUT2D eigenvalue weighted by atomic mass is 35.5. The van der Waals surface area contributed by atoms with Crippen LogP contribution in [-0.2, 0) is 4.74 Å². The average Bonchev–Trinajstić information content (AvgIpc) is 2.97. The Balaban J connectivity index is 2.01. The molecule has 0 saturated carbocycles. The largest absolute Gasteiger partial charge is 0.431 e. The van der Waals surface area contributed by atoms with E-state index >= 15 is 0 Å². The highest BCUT2D eigenvalue weighted by Crippen LogP contribution is 2.34. The predicted octanol–water partition coefficient (Wildman–Crippen LogP) is 4.73. The van der Waals surface area contributed by atoms with Gasteiger partial charge in [-0.25, -0.2) is 0 Å². The van der Waals surface area contributed by atoms with Crippen molar-refractivity contribution in [1.82, 2.24) is 4.90 Å². The van der Waals surface area contributed by atoms with Crippen molar-refractivity contribution in [3.63, 3.8) is 0 Å². The molecular formula is C15H12ClNOS2. The lowest BCUT2D eigenvalue weighted by Gasteiger charge is -2.32. The van der Waals surface area contributed by atoms with Crippen LogP contribution < -0.4 is 0 Å². The first-order valence-corrected chi connectivity index (χ1v) is 7.77. The maximum Gasteiger partial charge on any atom is 0.265 e. The number of nitrogens with zero attached hydrogens (tertiary/aromatic N) is 1. The SMILES string of the molecule is CN1C(=S)OC(c2cccs2)=CC1c1ccc(Cl)cc1. The molecule has 0 spiro atoms. The molecule has 3 rings (SSSR count). The summed E-state index contributed by atoms with van der Waals surface area (Å²) in [5.41, 5.74) is 1.14. The number of rotatable bonds is 2. The van der Waals surface area contributed by atoms with E-state index in [0.29, 0.717) is 5.17 Å². The summed E-state index contributed by atoms with van der Waals surface area (Å²) in [4.78, 5) is 3.02. The summed E-state index contributed by atoms with van der Waals surface area (Å²) >= 11 is 12.9. The topological polar surface area (TPSA) is 12.5 Å². The second kappa shape index (κ2) is 5.56. The zero-order chi connectivity index (χ0) is 14.1. The van der Waals surface area contributed by atoms with Gasteiger partial charge in [-0.05, 0) is 47.4 Å². The summed E-state index contributed by atoms with van der Waals surface area (Å²) in [6.45, 7) is 0. The van der Waals surface area contributed by atoms with Crippen molar-refractivity contribution in [2.24, 2.45) is 0 Å². The maximum absolute atomic E-state index is 5.95. The Morgan fingerprint density at radius 2 is 2.00 bits per heavy atom. The van der Waals surface area contributed by atoms with Crippen molar-refractivity contribution in [2.75, 3.05) is 7.05 Å². The van der Waals surface area contributed by atoms with Crippen LogP contribution in [0.2, 0.25) is 5.02 Å². The fourth-order valence-corrected chi connectivity index (χ4v) is 3.12. The molecule has 102 valence electrons. The second-order valence-electron chi connectivity index (χ2n) is 4.48. The first kappa shape index (κ1) is 13.6. The van der Waals surface area contributed by atoms with Crippen molar-refractivity contribution in [2.45, 2.75) is 6.04 Å². The number of likely N-dealkylation sites (N-methyl/N-ethyl adjacent to an activating group) is 1. The monoisotopic (exact) mass is 321 g/mol. The van der Waals surface area contributed by atoms with Crippen LogP contribution in [0.3, 0.4) is 0 Å². The van der Waals surface area contributed by atoms with E-state index in [4.69, 9.17) is 28.6 Å². The molecule has 0 bridgehead atoms. The molecule has 0 radical (unpaired) electrons. The van der Waals surface area contributed by atoms with Crippen molar-refractivity contribution >= 4 is 46.1 Å². The number of benzene rings is 1. The molecule has 0 aliphatic carbocycles. The number of ether oxygens (including phenoxy) is 1. The van der Waals surface area contributed by atoms with Gasteiger partial charge in [0, 0.05) is 12.1 Å². The number of hydrogen-bond acceptors (Lipinski definition) is 3. The van der Waals surface area contributed by atoms with Crippen molar-refractivity contribution in [3.8, 4) is 0 Å². The van der Waals surface area contributed by atoms with Gasteiger partial charge in [-0.3, -0.25) is 0 Å². The molecule has 2 aromatic rings. The molecule has 5 heteroatoms. The van der Waals surface area contributed by atoms with Crippen LogP contribution in [0.5, 0.6) is 0 Å². The first-order chi connectivity index (χ1) is 9.65. The fraction of sp³-hybridized carbons (Fsp3) is 0.133. The lowest BCUT2D eigenvalue weighted by Crippen LogP contribution is -2.33. The van der Waals surface area contributed by atoms with Crippen LogP contribution in [-0.4, -0.2) is 17.1 Å². The standard InChI is InChI=1S/C15H12ClNOS2/c1-17-12(10-4-6-11(16)7-5-10)9-13(18-15(17)19)14-3-2-8-20-14/h2-9,12H,1H3. The number of thiophene rings is 1. The highest BCUT2D eigenvalue weighted by molar-refractivity contribution is 7.80. The van der Waals surface area contributed by atoms with Gasteiger partial charge >= 0.3 is 0 Å². The number of hydrogen-bond donors (Lipinski definition) is 0. The minimum atomic E-state index is 0.0608. The van der Waals surface area contributed by atoms with Crippen LogP contribution in [0.25, 0.3) is 5.76 Å². The Morgan fingerprint density at radius 3 is 2.65 bits per heavy atom. The Bertz CT molecular complexity index is 649. The van der Waals surface area contributed by atoms with Gasteiger partial charge < -0.3 is 9.64 Å². The van der Waals surface area contributed by atoms with Crippen LogP contribution in [0.15, 0.2) is 47.9 Å². The lowest BCUT2D eigenvalue weighted by molar-refractivity contribution is 0.320. The van der Waals surface area contributed by atoms with Gasteiger partial charge in [-0.15, -0.1) is 11.3 Å². The highest BCUT2D eigenvalue weighted by Gasteiger charge is 2.26. The zero-order valence-corrected chi connectivity index (χ0v) is 13.1. The van der Waals surface area contributed by atoms with E-state index in [2.05, 4.69) is 6.08 Å². The van der Waals surface area contributed by atoms with E-state index in [1.807, 2.05) is 53.7 Å². The minimum absolute atomic E-state index is 0.0608. The quantitative estimate of drug-likeness (QED) is 0.742. The third kappa shape index (κ3) is 2.59. The zero-order valence-electron chi connectivity index (χ0n) is 10.7. The van der Waals surface area contributed by atoms with Gasteiger partial charge in [0.15, 0.2) is 0 Å². The molecule has 0 fully saturated rings. The molecule has 1 atom stereocenters. The molecule has 1 aliphatic rings. The Labute approximate surface area is 132 Å². The molecule has 1 unspecified atom stereocenters. The predicted molar refractivity (Wildman–Crippen MR) is 87.9 cm³/mol. The fourth-order valence-electron chi connectivity index (χ4n) is 2.10. The Morgan fingerprint density at radius 1 is 1.25 bits per heavy atom. The summed E-state index contributed by atoms with van der Waals surface area (Å²) in [5, 5.41) is 3.24. The van der Waals surface area contributed by atoms with Crippen molar-refractivity contribution < 1.29 is 4.74 Å². The third-order valence-electron chi connectivity index (χ3n) is 3.19. The van der Waals surface area contributed by atoms with Crippen molar-refractivity contribution in [1.29, 1.82) is 0 Å². The summed E-state index contributed by atoms with van der Waals surface area (Å²) in [6.07, 6.45) is 2.09. The van der Waals surface area contributed by atoms with Gasteiger partial charge in [0.1, 0.15) is 5.76 Å². The van der Waals surface area contributed by atoms with Gasteiger partial charge in [-0.1, -0.05) is 29.8 Å². The maximum atomic E-state index is 5.95. The Hall–Kier alpha value is -1.36. The van der Waals surface area contributed by atoms with E-state index < -0.39 is 0 Å². The lowest BCUT2D eigenvalue weighted by atomic mass is 10.0. The van der Waals surface area contributed by atoms with Crippen LogP contribution >= 0.6 is 35.2 Å². The first-order valence-electron chi connectivity index (χ1n) is 6.11. The van der Waals surface area contributed by atoms with Crippen LogP contribution in [0.4, 0.5) is 0 Å². The molecular weight excluding hydrogens is 310 g/mol. The molecule has 1 aliphatic heterocycles. The number of halogens is 1. The van der Waals surface area contributed by atoms with Gasteiger partial charge in [0.25, 0.3) is 5.17 Å². The van der Waals surface area contributed by atoms with E-state index in [1.54, 1.807) is 11.3 Å². The van der Waals surface area contributed by atoms with Gasteiger partial charge in [0.2, 0.25) is 0 Å². The Kier molecular flexibility index (Phi) is 3.78. The molecule has 0 amide bonds. The summed E-state index contributed by atoms with van der Waals surface area (Å²) in [6, 6.07) is 11.9. The van der Waals surface area contributed by atoms with Crippen LogP contribution in [0.1, 0.15) is 16.5 Å². The normalized spacial score (nSPS) is 18.7. The van der Waals surface area contributed by atoms with Crippen molar-refractivity contribution in [3.05, 3.63) is 63.3 Å². The van der Waals surface area contributed by atoms with E-state index in [9.17, 15) is 0 Å². The smallest absolute Gasteiger partial charge is 0.265 e. The molecule has 0 N–H and O–H groups in total. The third-order valence-corrected chi connectivity index (χ3v) is 4.70. The molecule has 1 aromatic heterocycles. The van der Waals surface area contributed by atoms with E-state index in [1.165, 1.54) is 0 Å². The molecule has 0 saturated heterocycles. The van der Waals surface area contributed by atoms with Gasteiger partial charge in [0.05, 0.1) is 10.9 Å². The summed E-state index contributed by atoms with van der Waals surface area (Å²) in [7, 11) is 1.93. The second-order valence-corrected chi connectivity index (χ2v) is 6.22. The summed E-state index contributed by atoms with van der Waals surface area (Å²) < 4.78 is 5.72. The molecule has 2 nitrogen and oxygen atoms in total. The minimum Gasteiger partial charge on any atom is -0.431 e. The summed E-state index contributed by atoms with van der Waals surface area (Å²) in [5.74, 6) is 0.822. The average molecular weight is 322 g/mol. The van der Waals surface area contributed by atoms with E-state index in [-0.39, 0.29) is 6.04 Å². The van der Waals surface area contributed by atoms with Crippen LogP contribution in [0, 0.1) is 0 Å². The van der Waals surface area contributed by atoms with Gasteiger partial charge in [-0.2, -0.15) is 0 Å². The molecule has 20 heavy (non-hydrogen) atoms.